The van der Waals surface area contributed by atoms with Gasteiger partial charge in [0.25, 0.3) is 0 Å². The molecule has 1 spiro atoms. The summed E-state index contributed by atoms with van der Waals surface area (Å²) in [7, 11) is 0. The van der Waals surface area contributed by atoms with E-state index in [1.807, 2.05) is 0 Å². The molecule has 3 rings (SSSR count). The number of halogens is 1. The van der Waals surface area contributed by atoms with Crippen LogP contribution in [0.3, 0.4) is 0 Å². The summed E-state index contributed by atoms with van der Waals surface area (Å²) in [6.07, 6.45) is 8.06. The summed E-state index contributed by atoms with van der Waals surface area (Å²) >= 11 is 0.116. The molecule has 0 unspecified atom stereocenters. The third-order valence-corrected chi connectivity index (χ3v) is 10.9. The van der Waals surface area contributed by atoms with Crippen molar-refractivity contribution in [2.45, 2.75) is 81.0 Å². The fourth-order valence-electron chi connectivity index (χ4n) is 3.33. The van der Waals surface area contributed by atoms with Gasteiger partial charge in [-0.15, -0.1) is 0 Å². The Morgan fingerprint density at radius 3 is 2.30 bits per heavy atom. The van der Waals surface area contributed by atoms with E-state index < -0.39 is 0 Å². The van der Waals surface area contributed by atoms with Crippen LogP contribution in [0.2, 0.25) is 0 Å². The summed E-state index contributed by atoms with van der Waals surface area (Å²) in [5, 5.41) is 0. The number of nitrogens with zero attached hydrogens (tertiary/aromatic N) is 1. The van der Waals surface area contributed by atoms with Crippen molar-refractivity contribution in [1.82, 2.24) is 0 Å². The SMILES string of the molecule is CC1(C)COC2(CCC([I-]P=NC3CCC(=O)CC3)CC2)OC1. The Kier molecular flexibility index (Phi) is 6.14. The molecule has 0 aromatic rings. The van der Waals surface area contributed by atoms with Crippen LogP contribution in [0.1, 0.15) is 65.2 Å². The van der Waals surface area contributed by atoms with Crippen LogP contribution in [0.15, 0.2) is 4.74 Å². The summed E-state index contributed by atoms with van der Waals surface area (Å²) in [5.74, 6) is 0.157. The molecular weight excluding hydrogens is 424 g/mol. The van der Waals surface area contributed by atoms with Gasteiger partial charge in [0.05, 0.1) is 0 Å². The molecule has 23 heavy (non-hydrogen) atoms. The molecule has 1 saturated heterocycles. The van der Waals surface area contributed by atoms with Crippen molar-refractivity contribution < 1.29 is 34.9 Å². The van der Waals surface area contributed by atoms with Gasteiger partial charge in [-0.3, -0.25) is 0 Å². The van der Waals surface area contributed by atoms with Crippen LogP contribution in [0.5, 0.6) is 0 Å². The van der Waals surface area contributed by atoms with Crippen molar-refractivity contribution in [3.63, 3.8) is 0 Å². The number of alkyl halides is 1. The molecule has 3 aliphatic rings. The van der Waals surface area contributed by atoms with Gasteiger partial charge in [-0.05, 0) is 0 Å². The number of carbonyl (C=O) groups excluding carboxylic acids is 1. The first kappa shape index (κ1) is 18.2. The van der Waals surface area contributed by atoms with Crippen molar-refractivity contribution in [1.29, 1.82) is 0 Å². The van der Waals surface area contributed by atoms with Crippen molar-refractivity contribution in [2.75, 3.05) is 13.2 Å². The van der Waals surface area contributed by atoms with Gasteiger partial charge in [-0.2, -0.15) is 0 Å². The van der Waals surface area contributed by atoms with Crippen LogP contribution in [-0.2, 0) is 14.3 Å². The number of ketones is 1. The van der Waals surface area contributed by atoms with Gasteiger partial charge in [-0.25, -0.2) is 0 Å². The second-order valence-corrected chi connectivity index (χ2v) is 13.2. The molecule has 1 heterocycles. The van der Waals surface area contributed by atoms with Crippen LogP contribution in [-0.4, -0.2) is 34.8 Å². The Morgan fingerprint density at radius 1 is 1.09 bits per heavy atom. The molecule has 0 amide bonds. The molecule has 0 N–H and O–H groups in total. The van der Waals surface area contributed by atoms with Crippen molar-refractivity contribution in [3.8, 4) is 0 Å². The molecule has 2 aliphatic carbocycles. The Morgan fingerprint density at radius 2 is 1.70 bits per heavy atom. The van der Waals surface area contributed by atoms with E-state index in [0.717, 1.165) is 55.7 Å². The van der Waals surface area contributed by atoms with E-state index in [-0.39, 0.29) is 31.9 Å². The van der Waals surface area contributed by atoms with E-state index in [0.29, 0.717) is 11.8 Å². The molecule has 132 valence electrons. The van der Waals surface area contributed by atoms with E-state index in [9.17, 15) is 4.79 Å². The minimum atomic E-state index is -0.270. The van der Waals surface area contributed by atoms with Crippen LogP contribution < -0.4 is 20.7 Å². The first-order valence-electron chi connectivity index (χ1n) is 8.79. The monoisotopic (exact) mass is 452 g/mol. The van der Waals surface area contributed by atoms with Crippen LogP contribution in [0.25, 0.3) is 0 Å². The molecule has 6 heteroatoms. The molecule has 0 radical (unpaired) electrons. The van der Waals surface area contributed by atoms with E-state index in [1.54, 1.807) is 0 Å². The maximum atomic E-state index is 11.3. The number of Topliss-reactive ketones (excluding diaryl/α,β-unsaturated/α-hetero) is 1. The van der Waals surface area contributed by atoms with Gasteiger partial charge >= 0.3 is 151 Å². The average Bonchev–Trinajstić information content (AvgIpc) is 2.55. The second-order valence-electron chi connectivity index (χ2n) is 7.89. The maximum absolute atomic E-state index is 11.3. The Hall–Kier alpha value is 0.420. The third-order valence-electron chi connectivity index (χ3n) is 5.03. The molecule has 0 bridgehead atoms. The number of hydrogen-bond acceptors (Lipinski definition) is 4. The predicted molar refractivity (Wildman–Crippen MR) is 87.3 cm³/mol. The van der Waals surface area contributed by atoms with Gasteiger partial charge in [0.15, 0.2) is 0 Å². The molecule has 4 nitrogen and oxygen atoms in total. The zero-order chi connectivity index (χ0) is 16.3. The Labute approximate surface area is 150 Å². The van der Waals surface area contributed by atoms with E-state index in [4.69, 9.17) is 14.2 Å². The quantitative estimate of drug-likeness (QED) is 0.369. The number of rotatable bonds is 3. The topological polar surface area (TPSA) is 47.9 Å². The van der Waals surface area contributed by atoms with Crippen LogP contribution in [0.4, 0.5) is 0 Å². The molecule has 3 fully saturated rings. The zero-order valence-electron chi connectivity index (χ0n) is 14.2. The van der Waals surface area contributed by atoms with E-state index >= 15 is 0 Å². The van der Waals surface area contributed by atoms with Crippen LogP contribution >= 0.6 is 6.02 Å². The summed E-state index contributed by atoms with van der Waals surface area (Å²) < 4.78 is 17.9. The van der Waals surface area contributed by atoms with Gasteiger partial charge in [0, 0.05) is 0 Å². The fraction of sp³-hybridized carbons (Fsp3) is 0.941. The predicted octanol–water partition coefficient (Wildman–Crippen LogP) is 1.34. The molecule has 1 aliphatic heterocycles. The van der Waals surface area contributed by atoms with Gasteiger partial charge < -0.3 is 0 Å². The standard InChI is InChI=1S/C17H28INO3P/c1-16(2)11-21-17(22-12-16)9-7-13(8-10-17)18-23-19-14-3-5-15(20)6-4-14/h13-14H,3-12H2,1-2H3/q-1. The summed E-state index contributed by atoms with van der Waals surface area (Å²) in [6.45, 7) is 6.05. The Bertz CT molecular complexity index is 439. The molecule has 0 aromatic carbocycles. The summed E-state index contributed by atoms with van der Waals surface area (Å²) in [6, 6.07) is 1.79. The average molecular weight is 452 g/mol. The second kappa shape index (κ2) is 7.76. The summed E-state index contributed by atoms with van der Waals surface area (Å²) in [5.41, 5.74) is 0.161. The minimum absolute atomic E-state index is 0.116. The molecule has 2 saturated carbocycles. The summed E-state index contributed by atoms with van der Waals surface area (Å²) in [4.78, 5) is 11.3. The third kappa shape index (κ3) is 5.20. The van der Waals surface area contributed by atoms with Gasteiger partial charge in [-0.1, -0.05) is 0 Å². The van der Waals surface area contributed by atoms with Gasteiger partial charge in [0.1, 0.15) is 0 Å². The zero-order valence-corrected chi connectivity index (χ0v) is 17.3. The molecular formula is C17H28INO3P-. The van der Waals surface area contributed by atoms with E-state index in [2.05, 4.69) is 13.8 Å². The van der Waals surface area contributed by atoms with Gasteiger partial charge in [0.2, 0.25) is 0 Å². The number of hydrogen-bond donors (Lipinski definition) is 0. The number of carbonyl (C=O) groups is 1. The van der Waals surface area contributed by atoms with Crippen molar-refractivity contribution in [2.24, 2.45) is 10.2 Å². The molecule has 0 aromatic heterocycles. The van der Waals surface area contributed by atoms with Crippen molar-refractivity contribution in [3.05, 3.63) is 0 Å². The van der Waals surface area contributed by atoms with Crippen LogP contribution in [0, 0.1) is 5.41 Å². The Balaban J connectivity index is 1.39. The number of ether oxygens (including phenoxy) is 2. The van der Waals surface area contributed by atoms with Crippen molar-refractivity contribution >= 4 is 11.8 Å². The fourth-order valence-corrected chi connectivity index (χ4v) is 8.90. The first-order valence-corrected chi connectivity index (χ1v) is 13.7. The normalized spacial score (nSPS) is 29.6. The van der Waals surface area contributed by atoms with E-state index in [1.165, 1.54) is 18.9 Å². The molecule has 0 atom stereocenters. The first-order chi connectivity index (χ1) is 11.0.